The Balaban J connectivity index is 1.88. The van der Waals surface area contributed by atoms with Crippen LogP contribution in [0, 0.1) is 6.92 Å². The number of hydrogen-bond acceptors (Lipinski definition) is 5. The van der Waals surface area contributed by atoms with Gasteiger partial charge in [0.15, 0.2) is 12.1 Å². The lowest BCUT2D eigenvalue weighted by Gasteiger charge is -2.24. The van der Waals surface area contributed by atoms with E-state index in [1.54, 1.807) is 24.3 Å². The minimum atomic E-state index is -0.833. The average Bonchev–Trinajstić information content (AvgIpc) is 3.10. The van der Waals surface area contributed by atoms with Crippen molar-refractivity contribution in [1.29, 1.82) is 0 Å². The second-order valence-electron chi connectivity index (χ2n) is 7.76. The Labute approximate surface area is 187 Å². The summed E-state index contributed by atoms with van der Waals surface area (Å²) in [5, 5.41) is 5.62. The van der Waals surface area contributed by atoms with Crippen LogP contribution in [0.3, 0.4) is 0 Å². The van der Waals surface area contributed by atoms with Gasteiger partial charge >= 0.3 is 6.09 Å². The number of cyclic esters (lactones) is 1. The Hall–Kier alpha value is -3.39. The first kappa shape index (κ1) is 23.3. The summed E-state index contributed by atoms with van der Waals surface area (Å²) in [5.74, 6) is -0.574. The number of benzene rings is 2. The van der Waals surface area contributed by atoms with Crippen LogP contribution in [0.1, 0.15) is 36.1 Å². The Bertz CT molecular complexity index is 960. The van der Waals surface area contributed by atoms with Gasteiger partial charge in [0, 0.05) is 19.3 Å². The predicted molar refractivity (Wildman–Crippen MR) is 120 cm³/mol. The molecule has 170 valence electrons. The monoisotopic (exact) mass is 439 g/mol. The summed E-state index contributed by atoms with van der Waals surface area (Å²) in [7, 11) is 1.44. The average molecular weight is 440 g/mol. The quantitative estimate of drug-likeness (QED) is 0.626. The van der Waals surface area contributed by atoms with Crippen LogP contribution >= 0.6 is 0 Å². The van der Waals surface area contributed by atoms with Crippen LogP contribution in [0.4, 0.5) is 10.5 Å². The molecule has 1 fully saturated rings. The normalized spacial score (nSPS) is 17.7. The first-order chi connectivity index (χ1) is 15.4. The highest BCUT2D eigenvalue weighted by Crippen LogP contribution is 2.35. The molecule has 8 heteroatoms. The zero-order valence-electron chi connectivity index (χ0n) is 18.6. The number of nitrogens with zero attached hydrogens (tertiary/aromatic N) is 1. The van der Waals surface area contributed by atoms with E-state index in [-0.39, 0.29) is 25.0 Å². The SMILES string of the molecule is CCCNC(=O)[C@@H]1[C@H](c2cccc(NC(=O)COC)c2)OC(=O)N1Cc1ccc(C)cc1. The fourth-order valence-electron chi connectivity index (χ4n) is 3.57. The van der Waals surface area contributed by atoms with Crippen LogP contribution in [-0.2, 0) is 25.6 Å². The number of nitrogens with one attached hydrogen (secondary N) is 2. The Morgan fingerprint density at radius 3 is 2.59 bits per heavy atom. The lowest BCUT2D eigenvalue weighted by Crippen LogP contribution is -2.46. The van der Waals surface area contributed by atoms with Gasteiger partial charge in [0.25, 0.3) is 0 Å². The van der Waals surface area contributed by atoms with E-state index in [0.717, 1.165) is 17.5 Å². The van der Waals surface area contributed by atoms with Crippen molar-refractivity contribution in [3.05, 3.63) is 65.2 Å². The molecule has 0 radical (unpaired) electrons. The molecule has 1 saturated heterocycles. The Kier molecular flexibility index (Phi) is 7.83. The molecule has 2 atom stereocenters. The standard InChI is InChI=1S/C24H29N3O5/c1-4-12-25-23(29)21-22(18-6-5-7-19(13-18)26-20(28)15-31-3)32-24(30)27(21)14-17-10-8-16(2)9-11-17/h5-11,13,21-22H,4,12,14-15H2,1-3H3,(H,25,29)(H,26,28)/t21-,22-/m0/s1. The first-order valence-electron chi connectivity index (χ1n) is 10.6. The van der Waals surface area contributed by atoms with Gasteiger partial charge in [-0.1, -0.05) is 48.9 Å². The van der Waals surface area contributed by atoms with Crippen molar-refractivity contribution in [2.45, 2.75) is 39.0 Å². The van der Waals surface area contributed by atoms with Gasteiger partial charge in [-0.25, -0.2) is 4.79 Å². The molecule has 0 spiro atoms. The van der Waals surface area contributed by atoms with Crippen LogP contribution in [0.15, 0.2) is 48.5 Å². The van der Waals surface area contributed by atoms with E-state index in [1.807, 2.05) is 38.1 Å². The molecule has 2 aromatic rings. The van der Waals surface area contributed by atoms with Crippen molar-refractivity contribution in [2.75, 3.05) is 25.6 Å². The predicted octanol–water partition coefficient (Wildman–Crippen LogP) is 3.17. The van der Waals surface area contributed by atoms with E-state index < -0.39 is 18.2 Å². The van der Waals surface area contributed by atoms with Gasteiger partial charge in [-0.3, -0.25) is 14.5 Å². The molecule has 0 bridgehead atoms. The van der Waals surface area contributed by atoms with Crippen LogP contribution in [0.25, 0.3) is 0 Å². The van der Waals surface area contributed by atoms with E-state index in [1.165, 1.54) is 12.0 Å². The molecule has 8 nitrogen and oxygen atoms in total. The summed E-state index contributed by atoms with van der Waals surface area (Å²) >= 11 is 0. The molecule has 3 amide bonds. The van der Waals surface area contributed by atoms with Crippen molar-refractivity contribution in [3.8, 4) is 0 Å². The van der Waals surface area contributed by atoms with Crippen LogP contribution < -0.4 is 10.6 Å². The molecule has 1 heterocycles. The number of carbonyl (C=O) groups is 3. The van der Waals surface area contributed by atoms with Crippen molar-refractivity contribution < 1.29 is 23.9 Å². The highest BCUT2D eigenvalue weighted by molar-refractivity contribution is 5.92. The van der Waals surface area contributed by atoms with Crippen molar-refractivity contribution in [2.24, 2.45) is 0 Å². The highest BCUT2D eigenvalue weighted by atomic mass is 16.6. The second-order valence-corrected chi connectivity index (χ2v) is 7.76. The first-order valence-corrected chi connectivity index (χ1v) is 10.6. The third-order valence-corrected chi connectivity index (χ3v) is 5.15. The van der Waals surface area contributed by atoms with E-state index in [0.29, 0.717) is 17.8 Å². The van der Waals surface area contributed by atoms with E-state index in [9.17, 15) is 14.4 Å². The highest BCUT2D eigenvalue weighted by Gasteiger charge is 2.46. The molecular formula is C24H29N3O5. The smallest absolute Gasteiger partial charge is 0.411 e. The van der Waals surface area contributed by atoms with Gasteiger partial charge in [0.1, 0.15) is 6.61 Å². The number of anilines is 1. The van der Waals surface area contributed by atoms with Crippen LogP contribution in [-0.4, -0.2) is 49.1 Å². The number of hydrogen-bond donors (Lipinski definition) is 2. The molecule has 32 heavy (non-hydrogen) atoms. The van der Waals surface area contributed by atoms with Gasteiger partial charge in [-0.2, -0.15) is 0 Å². The van der Waals surface area contributed by atoms with Crippen LogP contribution in [0.5, 0.6) is 0 Å². The minimum Gasteiger partial charge on any atom is -0.438 e. The summed E-state index contributed by atoms with van der Waals surface area (Å²) < 4.78 is 10.5. The molecule has 0 aromatic heterocycles. The lowest BCUT2D eigenvalue weighted by atomic mass is 10.00. The second kappa shape index (κ2) is 10.8. The number of aryl methyl sites for hydroxylation is 1. The van der Waals surface area contributed by atoms with Gasteiger partial charge in [0.05, 0.1) is 6.54 Å². The zero-order chi connectivity index (χ0) is 23.1. The summed E-state index contributed by atoms with van der Waals surface area (Å²) in [4.78, 5) is 39.2. The molecular weight excluding hydrogens is 410 g/mol. The van der Waals surface area contributed by atoms with Gasteiger partial charge < -0.3 is 20.1 Å². The zero-order valence-corrected chi connectivity index (χ0v) is 18.6. The molecule has 2 N–H and O–H groups in total. The fourth-order valence-corrected chi connectivity index (χ4v) is 3.57. The molecule has 1 aliphatic heterocycles. The van der Waals surface area contributed by atoms with Crippen molar-refractivity contribution >= 4 is 23.6 Å². The Morgan fingerprint density at radius 1 is 1.16 bits per heavy atom. The van der Waals surface area contributed by atoms with Crippen LogP contribution in [0.2, 0.25) is 0 Å². The summed E-state index contributed by atoms with van der Waals surface area (Å²) in [6, 6.07) is 13.9. The third kappa shape index (κ3) is 5.64. The summed E-state index contributed by atoms with van der Waals surface area (Å²) in [6.07, 6.45) is -0.582. The maximum Gasteiger partial charge on any atom is 0.411 e. The number of carbonyl (C=O) groups excluding carboxylic acids is 3. The molecule has 2 aromatic carbocycles. The molecule has 3 rings (SSSR count). The van der Waals surface area contributed by atoms with E-state index in [4.69, 9.17) is 9.47 Å². The molecule has 1 aliphatic rings. The summed E-state index contributed by atoms with van der Waals surface area (Å²) in [6.45, 7) is 4.63. The van der Waals surface area contributed by atoms with Crippen molar-refractivity contribution in [3.63, 3.8) is 0 Å². The van der Waals surface area contributed by atoms with Gasteiger partial charge in [-0.15, -0.1) is 0 Å². The lowest BCUT2D eigenvalue weighted by molar-refractivity contribution is -0.126. The summed E-state index contributed by atoms with van der Waals surface area (Å²) in [5.41, 5.74) is 3.17. The van der Waals surface area contributed by atoms with E-state index in [2.05, 4.69) is 10.6 Å². The number of amides is 3. The number of methoxy groups -OCH3 is 1. The molecule has 0 saturated carbocycles. The largest absolute Gasteiger partial charge is 0.438 e. The molecule has 0 aliphatic carbocycles. The Morgan fingerprint density at radius 2 is 1.91 bits per heavy atom. The maximum atomic E-state index is 13.1. The van der Waals surface area contributed by atoms with Crippen molar-refractivity contribution in [1.82, 2.24) is 10.2 Å². The maximum absolute atomic E-state index is 13.1. The van der Waals surface area contributed by atoms with Gasteiger partial charge in [-0.05, 0) is 36.6 Å². The number of ether oxygens (including phenoxy) is 2. The van der Waals surface area contributed by atoms with Gasteiger partial charge in [0.2, 0.25) is 11.8 Å². The topological polar surface area (TPSA) is 97.0 Å². The third-order valence-electron chi connectivity index (χ3n) is 5.15. The molecule has 0 unspecified atom stereocenters. The minimum absolute atomic E-state index is 0.0744. The van der Waals surface area contributed by atoms with E-state index >= 15 is 0 Å². The fraction of sp³-hybridized carbons (Fsp3) is 0.375. The number of rotatable bonds is 9.